The SMILES string of the molecule is O=Cc1ccc(COc2cc(F)c(C(=O)C3CC3)c(F)c2)cc1. The molecular weight excluding hydrogens is 302 g/mol. The lowest BCUT2D eigenvalue weighted by Gasteiger charge is -2.09. The summed E-state index contributed by atoms with van der Waals surface area (Å²) in [4.78, 5) is 22.4. The van der Waals surface area contributed by atoms with Crippen LogP contribution in [0.3, 0.4) is 0 Å². The molecule has 3 nitrogen and oxygen atoms in total. The molecule has 118 valence electrons. The zero-order valence-electron chi connectivity index (χ0n) is 12.2. The second-order valence-corrected chi connectivity index (χ2v) is 5.55. The van der Waals surface area contributed by atoms with Crippen LogP contribution in [0.1, 0.15) is 39.1 Å². The predicted octanol–water partition coefficient (Wildman–Crippen LogP) is 3.95. The highest BCUT2D eigenvalue weighted by atomic mass is 19.1. The van der Waals surface area contributed by atoms with Gasteiger partial charge >= 0.3 is 0 Å². The molecule has 0 bridgehead atoms. The fourth-order valence-corrected chi connectivity index (χ4v) is 2.28. The molecule has 1 saturated carbocycles. The largest absolute Gasteiger partial charge is 0.489 e. The van der Waals surface area contributed by atoms with Crippen LogP contribution >= 0.6 is 0 Å². The summed E-state index contributed by atoms with van der Waals surface area (Å²) < 4.78 is 33.3. The Hall–Kier alpha value is -2.56. The number of ether oxygens (including phenoxy) is 1. The quantitative estimate of drug-likeness (QED) is 0.599. The molecule has 0 unspecified atom stereocenters. The van der Waals surface area contributed by atoms with E-state index in [1.54, 1.807) is 24.3 Å². The van der Waals surface area contributed by atoms with Crippen molar-refractivity contribution in [3.8, 4) is 5.75 Å². The molecule has 0 saturated heterocycles. The number of aldehydes is 1. The van der Waals surface area contributed by atoms with Crippen molar-refractivity contribution in [2.75, 3.05) is 0 Å². The van der Waals surface area contributed by atoms with Crippen LogP contribution in [0.5, 0.6) is 5.75 Å². The van der Waals surface area contributed by atoms with Crippen LogP contribution in [0.4, 0.5) is 8.78 Å². The van der Waals surface area contributed by atoms with Crippen molar-refractivity contribution in [1.29, 1.82) is 0 Å². The van der Waals surface area contributed by atoms with Gasteiger partial charge in [0.1, 0.15) is 30.3 Å². The van der Waals surface area contributed by atoms with E-state index in [4.69, 9.17) is 4.74 Å². The minimum absolute atomic E-state index is 0.0202. The summed E-state index contributed by atoms with van der Waals surface area (Å²) in [5, 5.41) is 0. The molecule has 0 aromatic heterocycles. The summed E-state index contributed by atoms with van der Waals surface area (Å²) in [6.07, 6.45) is 2.10. The van der Waals surface area contributed by atoms with Crippen molar-refractivity contribution in [3.63, 3.8) is 0 Å². The number of carbonyl (C=O) groups is 2. The average Bonchev–Trinajstić information content (AvgIpc) is 3.37. The molecule has 0 N–H and O–H groups in total. The van der Waals surface area contributed by atoms with Crippen molar-refractivity contribution < 1.29 is 23.1 Å². The number of ketones is 1. The lowest BCUT2D eigenvalue weighted by molar-refractivity contribution is 0.0958. The topological polar surface area (TPSA) is 43.4 Å². The maximum absolute atomic E-state index is 14.0. The summed E-state index contributed by atoms with van der Waals surface area (Å²) in [6.45, 7) is 0.105. The van der Waals surface area contributed by atoms with Crippen molar-refractivity contribution in [2.24, 2.45) is 5.92 Å². The predicted molar refractivity (Wildman–Crippen MR) is 79.6 cm³/mol. The van der Waals surface area contributed by atoms with E-state index in [2.05, 4.69) is 0 Å². The van der Waals surface area contributed by atoms with Gasteiger partial charge in [0.15, 0.2) is 5.78 Å². The van der Waals surface area contributed by atoms with Crippen LogP contribution < -0.4 is 4.74 Å². The summed E-state index contributed by atoms with van der Waals surface area (Å²) in [5.41, 5.74) is 0.818. The third-order valence-electron chi connectivity index (χ3n) is 3.73. The van der Waals surface area contributed by atoms with Gasteiger partial charge in [-0.2, -0.15) is 0 Å². The van der Waals surface area contributed by atoms with Gasteiger partial charge in [-0.05, 0) is 18.4 Å². The Kier molecular flexibility index (Phi) is 4.19. The maximum Gasteiger partial charge on any atom is 0.171 e. The third kappa shape index (κ3) is 3.44. The van der Waals surface area contributed by atoms with Crippen LogP contribution in [0.2, 0.25) is 0 Å². The molecule has 1 fully saturated rings. The second kappa shape index (κ2) is 6.28. The fourth-order valence-electron chi connectivity index (χ4n) is 2.28. The molecule has 0 atom stereocenters. The first-order valence-electron chi connectivity index (χ1n) is 7.28. The molecule has 2 aromatic carbocycles. The fraction of sp³-hybridized carbons (Fsp3) is 0.222. The van der Waals surface area contributed by atoms with E-state index in [0.29, 0.717) is 18.4 Å². The first kappa shape index (κ1) is 15.3. The smallest absolute Gasteiger partial charge is 0.171 e. The number of rotatable bonds is 6. The van der Waals surface area contributed by atoms with Crippen molar-refractivity contribution >= 4 is 12.1 Å². The molecule has 0 aliphatic heterocycles. The van der Waals surface area contributed by atoms with Crippen molar-refractivity contribution in [2.45, 2.75) is 19.4 Å². The number of hydrogen-bond donors (Lipinski definition) is 0. The number of Topliss-reactive ketones (excluding diaryl/α,β-unsaturated/α-hetero) is 1. The highest BCUT2D eigenvalue weighted by Crippen LogP contribution is 2.35. The Balaban J connectivity index is 1.72. The lowest BCUT2D eigenvalue weighted by atomic mass is 10.1. The molecule has 0 radical (unpaired) electrons. The standard InChI is InChI=1S/C18H14F2O3/c19-15-7-14(8-16(20)17(15)18(22)13-5-6-13)23-10-12-3-1-11(9-21)2-4-12/h1-4,7-9,13H,5-6,10H2. The van der Waals surface area contributed by atoms with Gasteiger partial charge < -0.3 is 4.74 Å². The Labute approximate surface area is 131 Å². The highest BCUT2D eigenvalue weighted by molar-refractivity contribution is 5.99. The normalized spacial score (nSPS) is 13.7. The lowest BCUT2D eigenvalue weighted by Crippen LogP contribution is -2.08. The average molecular weight is 316 g/mol. The molecule has 0 heterocycles. The van der Waals surface area contributed by atoms with E-state index in [-0.39, 0.29) is 18.3 Å². The zero-order valence-corrected chi connectivity index (χ0v) is 12.2. The van der Waals surface area contributed by atoms with E-state index in [1.807, 2.05) is 0 Å². The van der Waals surface area contributed by atoms with Gasteiger partial charge in [0, 0.05) is 23.6 Å². The van der Waals surface area contributed by atoms with Gasteiger partial charge in [-0.1, -0.05) is 24.3 Å². The monoisotopic (exact) mass is 316 g/mol. The van der Waals surface area contributed by atoms with Gasteiger partial charge in [-0.15, -0.1) is 0 Å². The van der Waals surface area contributed by atoms with E-state index in [0.717, 1.165) is 24.0 Å². The molecule has 0 spiro atoms. The summed E-state index contributed by atoms with van der Waals surface area (Å²) in [5.74, 6) is -2.49. The minimum Gasteiger partial charge on any atom is -0.489 e. The van der Waals surface area contributed by atoms with Crippen LogP contribution in [-0.4, -0.2) is 12.1 Å². The van der Waals surface area contributed by atoms with Gasteiger partial charge in [0.05, 0.1) is 5.56 Å². The molecule has 2 aromatic rings. The van der Waals surface area contributed by atoms with Gasteiger partial charge in [0.2, 0.25) is 0 Å². The molecule has 0 amide bonds. The molecule has 1 aliphatic rings. The second-order valence-electron chi connectivity index (χ2n) is 5.55. The maximum atomic E-state index is 14.0. The highest BCUT2D eigenvalue weighted by Gasteiger charge is 2.34. The van der Waals surface area contributed by atoms with Crippen LogP contribution in [0, 0.1) is 17.6 Å². The van der Waals surface area contributed by atoms with E-state index in [9.17, 15) is 18.4 Å². The Morgan fingerprint density at radius 2 is 1.74 bits per heavy atom. The first-order valence-corrected chi connectivity index (χ1v) is 7.28. The van der Waals surface area contributed by atoms with E-state index < -0.39 is 23.0 Å². The van der Waals surface area contributed by atoms with Crippen LogP contribution in [-0.2, 0) is 6.61 Å². The summed E-state index contributed by atoms with van der Waals surface area (Å²) in [6, 6.07) is 8.70. The molecule has 23 heavy (non-hydrogen) atoms. The molecular formula is C18H14F2O3. The number of hydrogen-bond acceptors (Lipinski definition) is 3. The van der Waals surface area contributed by atoms with Gasteiger partial charge in [-0.25, -0.2) is 8.78 Å². The Bertz CT molecular complexity index is 726. The number of carbonyl (C=O) groups excluding carboxylic acids is 2. The van der Waals surface area contributed by atoms with Crippen molar-refractivity contribution in [1.82, 2.24) is 0 Å². The third-order valence-corrected chi connectivity index (χ3v) is 3.73. The minimum atomic E-state index is -0.895. The number of halogens is 2. The van der Waals surface area contributed by atoms with E-state index >= 15 is 0 Å². The Morgan fingerprint density at radius 3 is 2.26 bits per heavy atom. The summed E-state index contributed by atoms with van der Waals surface area (Å²) in [7, 11) is 0. The first-order chi connectivity index (χ1) is 11.1. The van der Waals surface area contributed by atoms with Crippen molar-refractivity contribution in [3.05, 3.63) is 64.7 Å². The molecule has 1 aliphatic carbocycles. The van der Waals surface area contributed by atoms with E-state index in [1.165, 1.54) is 0 Å². The van der Waals surface area contributed by atoms with Gasteiger partial charge in [-0.3, -0.25) is 9.59 Å². The van der Waals surface area contributed by atoms with Crippen LogP contribution in [0.25, 0.3) is 0 Å². The van der Waals surface area contributed by atoms with Crippen LogP contribution in [0.15, 0.2) is 36.4 Å². The zero-order chi connectivity index (χ0) is 16.4. The number of benzene rings is 2. The van der Waals surface area contributed by atoms with Gasteiger partial charge in [0.25, 0.3) is 0 Å². The Morgan fingerprint density at radius 1 is 1.13 bits per heavy atom. The molecule has 5 heteroatoms. The molecule has 3 rings (SSSR count). The summed E-state index contributed by atoms with van der Waals surface area (Å²) >= 11 is 0.